The molecule has 0 bridgehead atoms. The Kier molecular flexibility index (Phi) is 8.33. The number of alkyl halides is 3. The van der Waals surface area contributed by atoms with Gasteiger partial charge in [0.2, 0.25) is 5.91 Å². The lowest BCUT2D eigenvalue weighted by Gasteiger charge is -2.21. The summed E-state index contributed by atoms with van der Waals surface area (Å²) in [6, 6.07) is 5.83. The van der Waals surface area contributed by atoms with Gasteiger partial charge >= 0.3 is 6.18 Å². The van der Waals surface area contributed by atoms with Gasteiger partial charge in [0.1, 0.15) is 11.8 Å². The predicted molar refractivity (Wildman–Crippen MR) is 140 cm³/mol. The van der Waals surface area contributed by atoms with Crippen molar-refractivity contribution in [3.05, 3.63) is 87.1 Å². The maximum absolute atomic E-state index is 14.5. The number of ether oxygens (including phenoxy) is 1. The van der Waals surface area contributed by atoms with Crippen molar-refractivity contribution in [3.8, 4) is 22.6 Å². The number of pyridine rings is 1. The van der Waals surface area contributed by atoms with Crippen molar-refractivity contribution < 1.29 is 36.3 Å². The first-order valence-electron chi connectivity index (χ1n) is 12.0. The molecule has 0 aliphatic carbocycles. The number of amides is 2. The summed E-state index contributed by atoms with van der Waals surface area (Å²) in [5, 5.41) is 9.06. The molecule has 10 nitrogen and oxygen atoms in total. The quantitative estimate of drug-likeness (QED) is 0.277. The number of hydrogen-bond acceptors (Lipinski definition) is 6. The van der Waals surface area contributed by atoms with E-state index in [1.165, 1.54) is 31.5 Å². The average Bonchev–Trinajstić information content (AvgIpc) is 3.43. The van der Waals surface area contributed by atoms with Crippen molar-refractivity contribution in [2.45, 2.75) is 25.6 Å². The van der Waals surface area contributed by atoms with Gasteiger partial charge in [0.25, 0.3) is 11.5 Å². The second kappa shape index (κ2) is 11.6. The lowest BCUT2D eigenvalue weighted by Crippen LogP contribution is -2.33. The molecule has 0 saturated heterocycles. The Balaban J connectivity index is 1.76. The zero-order valence-corrected chi connectivity index (χ0v) is 22.4. The number of carbonyl (C=O) groups excluding carboxylic acids is 2. The van der Waals surface area contributed by atoms with E-state index in [2.05, 4.69) is 15.6 Å². The predicted octanol–water partition coefficient (Wildman–Crippen LogP) is 4.74. The fourth-order valence-electron chi connectivity index (χ4n) is 4.14. The smallest absolute Gasteiger partial charge is 0.436 e. The van der Waals surface area contributed by atoms with Crippen molar-refractivity contribution in [1.82, 2.24) is 19.6 Å². The van der Waals surface area contributed by atoms with E-state index in [-0.39, 0.29) is 34.0 Å². The Hall–Kier alpha value is -4.79. The molecule has 0 unspecified atom stereocenters. The van der Waals surface area contributed by atoms with E-state index in [1.54, 1.807) is 6.92 Å². The SMILES string of the molecule is CC[C@@H](C(=O)Nc1ccc(C(N)=O)c(F)c1F)n1cc(OC)c(-c2cc(Cl)ccc2-n2cc(C(F)(F)F)nn2)cc1=O. The van der Waals surface area contributed by atoms with Crippen molar-refractivity contribution in [2.24, 2.45) is 5.73 Å². The van der Waals surface area contributed by atoms with Crippen molar-refractivity contribution in [1.29, 1.82) is 0 Å². The number of aromatic nitrogens is 4. The molecule has 42 heavy (non-hydrogen) atoms. The first-order chi connectivity index (χ1) is 19.8. The Bertz CT molecular complexity index is 1750. The molecule has 220 valence electrons. The number of anilines is 1. The molecule has 4 aromatic rings. The summed E-state index contributed by atoms with van der Waals surface area (Å²) in [6.07, 6.45) is -2.89. The molecule has 2 aromatic heterocycles. The Morgan fingerprint density at radius 3 is 2.40 bits per heavy atom. The molecule has 2 heterocycles. The molecule has 0 radical (unpaired) electrons. The van der Waals surface area contributed by atoms with E-state index >= 15 is 0 Å². The van der Waals surface area contributed by atoms with E-state index in [4.69, 9.17) is 22.1 Å². The summed E-state index contributed by atoms with van der Waals surface area (Å²) < 4.78 is 75.4. The highest BCUT2D eigenvalue weighted by Gasteiger charge is 2.35. The molecule has 16 heteroatoms. The van der Waals surface area contributed by atoms with Crippen LogP contribution in [0.5, 0.6) is 5.75 Å². The second-order valence-electron chi connectivity index (χ2n) is 8.77. The van der Waals surface area contributed by atoms with E-state index in [0.717, 1.165) is 27.4 Å². The van der Waals surface area contributed by atoms with Crippen LogP contribution in [-0.2, 0) is 11.0 Å². The summed E-state index contributed by atoms with van der Waals surface area (Å²) in [6.45, 7) is 1.56. The first kappa shape index (κ1) is 30.2. The van der Waals surface area contributed by atoms with Gasteiger partial charge in [-0.05, 0) is 36.8 Å². The van der Waals surface area contributed by atoms with Crippen LogP contribution in [-0.4, -0.2) is 38.5 Å². The number of rotatable bonds is 8. The number of methoxy groups -OCH3 is 1. The van der Waals surface area contributed by atoms with Crippen LogP contribution in [0, 0.1) is 11.6 Å². The Morgan fingerprint density at radius 1 is 1.10 bits per heavy atom. The molecule has 2 amide bonds. The zero-order valence-electron chi connectivity index (χ0n) is 21.7. The second-order valence-corrected chi connectivity index (χ2v) is 9.21. The van der Waals surface area contributed by atoms with E-state index < -0.39 is 58.2 Å². The molecular weight excluding hydrogens is 591 g/mol. The largest absolute Gasteiger partial charge is 0.495 e. The first-order valence-corrected chi connectivity index (χ1v) is 12.3. The number of benzene rings is 2. The van der Waals surface area contributed by atoms with E-state index in [1.807, 2.05) is 0 Å². The fourth-order valence-corrected chi connectivity index (χ4v) is 4.31. The molecule has 4 rings (SSSR count). The van der Waals surface area contributed by atoms with Crippen LogP contribution >= 0.6 is 11.6 Å². The van der Waals surface area contributed by atoms with Crippen LogP contribution in [0.3, 0.4) is 0 Å². The van der Waals surface area contributed by atoms with Gasteiger partial charge in [-0.25, -0.2) is 13.5 Å². The Morgan fingerprint density at radius 2 is 1.81 bits per heavy atom. The van der Waals surface area contributed by atoms with Crippen LogP contribution in [0.25, 0.3) is 16.8 Å². The maximum Gasteiger partial charge on any atom is 0.436 e. The van der Waals surface area contributed by atoms with Gasteiger partial charge in [0.15, 0.2) is 17.3 Å². The summed E-state index contributed by atoms with van der Waals surface area (Å²) in [4.78, 5) is 37.6. The highest BCUT2D eigenvalue weighted by molar-refractivity contribution is 6.31. The van der Waals surface area contributed by atoms with Crippen molar-refractivity contribution in [2.75, 3.05) is 12.4 Å². The van der Waals surface area contributed by atoms with Gasteiger partial charge < -0.3 is 15.8 Å². The molecule has 3 N–H and O–H groups in total. The molecule has 2 aromatic carbocycles. The standard InChI is InChI=1S/C26H20ClF5N6O4/c1-3-17(25(41)34-16-6-5-13(24(33)40)22(28)23(16)29)37-10-19(42-2)15(9-21(37)39)14-8-12(27)4-7-18(14)38-11-20(35-36-38)26(30,31)32/h4-11,17H,3H2,1-2H3,(H2,33,40)(H,34,41)/t17-/m0/s1. The van der Waals surface area contributed by atoms with Gasteiger partial charge in [-0.2, -0.15) is 13.2 Å². The van der Waals surface area contributed by atoms with Crippen LogP contribution < -0.4 is 21.3 Å². The summed E-state index contributed by atoms with van der Waals surface area (Å²) in [5.74, 6) is -5.16. The molecule has 0 fully saturated rings. The van der Waals surface area contributed by atoms with Gasteiger partial charge in [0.05, 0.1) is 36.4 Å². The number of primary amides is 1. The highest BCUT2D eigenvalue weighted by atomic mass is 35.5. The normalized spacial score (nSPS) is 12.2. The molecule has 1 atom stereocenters. The summed E-state index contributed by atoms with van der Waals surface area (Å²) in [7, 11) is 1.26. The Labute approximate surface area is 238 Å². The minimum Gasteiger partial charge on any atom is -0.495 e. The van der Waals surface area contributed by atoms with Crippen LogP contribution in [0.1, 0.15) is 35.4 Å². The fraction of sp³-hybridized carbons (Fsp3) is 0.192. The van der Waals surface area contributed by atoms with Crippen LogP contribution in [0.2, 0.25) is 5.02 Å². The molecule has 0 aliphatic heterocycles. The van der Waals surface area contributed by atoms with E-state index in [9.17, 15) is 36.3 Å². The zero-order chi connectivity index (χ0) is 30.9. The third kappa shape index (κ3) is 5.81. The third-order valence-corrected chi connectivity index (χ3v) is 6.41. The minimum absolute atomic E-state index is 0.0132. The number of hydrogen-bond donors (Lipinski definition) is 2. The number of nitrogens with one attached hydrogen (secondary N) is 1. The molecule has 0 aliphatic rings. The number of nitrogens with two attached hydrogens (primary N) is 1. The van der Waals surface area contributed by atoms with Crippen LogP contribution in [0.15, 0.2) is 53.6 Å². The molecule has 0 spiro atoms. The van der Waals surface area contributed by atoms with Gasteiger partial charge in [-0.15, -0.1) is 5.10 Å². The molecule has 0 saturated carbocycles. The van der Waals surface area contributed by atoms with E-state index in [0.29, 0.717) is 6.20 Å². The molecular formula is C26H20ClF5N6O4. The van der Waals surface area contributed by atoms with Crippen molar-refractivity contribution >= 4 is 29.1 Å². The maximum atomic E-state index is 14.5. The van der Waals surface area contributed by atoms with Gasteiger partial charge in [-0.1, -0.05) is 23.7 Å². The summed E-state index contributed by atoms with van der Waals surface area (Å²) in [5.41, 5.74) is 2.05. The van der Waals surface area contributed by atoms with Crippen LogP contribution in [0.4, 0.5) is 27.6 Å². The summed E-state index contributed by atoms with van der Waals surface area (Å²) >= 11 is 6.16. The topological polar surface area (TPSA) is 134 Å². The monoisotopic (exact) mass is 610 g/mol. The highest BCUT2D eigenvalue weighted by Crippen LogP contribution is 2.36. The van der Waals surface area contributed by atoms with Gasteiger partial charge in [-0.3, -0.25) is 19.0 Å². The third-order valence-electron chi connectivity index (χ3n) is 6.17. The lowest BCUT2D eigenvalue weighted by atomic mass is 10.0. The number of halogens is 6. The number of nitrogens with zero attached hydrogens (tertiary/aromatic N) is 4. The lowest BCUT2D eigenvalue weighted by molar-refractivity contribution is -0.141. The van der Waals surface area contributed by atoms with Gasteiger partial charge in [0, 0.05) is 22.2 Å². The van der Waals surface area contributed by atoms with Crippen molar-refractivity contribution in [3.63, 3.8) is 0 Å². The average molecular weight is 611 g/mol. The minimum atomic E-state index is -4.75. The number of carbonyl (C=O) groups is 2.